The van der Waals surface area contributed by atoms with Gasteiger partial charge in [-0.1, -0.05) is 35.9 Å². The highest BCUT2D eigenvalue weighted by Gasteiger charge is 2.23. The second-order valence-corrected chi connectivity index (χ2v) is 7.84. The summed E-state index contributed by atoms with van der Waals surface area (Å²) in [6.07, 6.45) is 0. The van der Waals surface area contributed by atoms with E-state index in [9.17, 15) is 0 Å². The van der Waals surface area contributed by atoms with E-state index in [1.165, 1.54) is 11.1 Å². The molecule has 1 unspecified atom stereocenters. The Kier molecular flexibility index (Phi) is 9.19. The summed E-state index contributed by atoms with van der Waals surface area (Å²) in [5.74, 6) is 2.23. The third kappa shape index (κ3) is 6.61. The molecule has 2 N–H and O–H groups in total. The molecule has 0 radical (unpaired) electrons. The van der Waals surface area contributed by atoms with Crippen LogP contribution in [0, 0.1) is 6.92 Å². The van der Waals surface area contributed by atoms with Gasteiger partial charge in [0, 0.05) is 26.2 Å². The van der Waals surface area contributed by atoms with E-state index in [0.29, 0.717) is 12.3 Å². The zero-order valence-electron chi connectivity index (χ0n) is 19.7. The van der Waals surface area contributed by atoms with Gasteiger partial charge < -0.3 is 24.8 Å². The highest BCUT2D eigenvalue weighted by Crippen LogP contribution is 2.27. The van der Waals surface area contributed by atoms with Crippen LogP contribution in [0.5, 0.6) is 11.5 Å². The van der Waals surface area contributed by atoms with Crippen LogP contribution in [0.2, 0.25) is 0 Å². The van der Waals surface area contributed by atoms with Gasteiger partial charge in [-0.15, -0.1) is 0 Å². The van der Waals surface area contributed by atoms with E-state index in [0.717, 1.165) is 56.7 Å². The van der Waals surface area contributed by atoms with Crippen molar-refractivity contribution in [3.63, 3.8) is 0 Å². The van der Waals surface area contributed by atoms with Gasteiger partial charge >= 0.3 is 0 Å². The number of guanidine groups is 1. The van der Waals surface area contributed by atoms with Gasteiger partial charge in [0.15, 0.2) is 17.5 Å². The third-order valence-electron chi connectivity index (χ3n) is 5.62. The number of benzene rings is 2. The lowest BCUT2D eigenvalue weighted by atomic mass is 10.0. The van der Waals surface area contributed by atoms with E-state index in [1.807, 2.05) is 18.2 Å². The van der Waals surface area contributed by atoms with E-state index < -0.39 is 0 Å². The summed E-state index contributed by atoms with van der Waals surface area (Å²) >= 11 is 0. The van der Waals surface area contributed by atoms with Gasteiger partial charge in [0.2, 0.25) is 0 Å². The smallest absolute Gasteiger partial charge is 0.191 e. The number of rotatable bonds is 9. The summed E-state index contributed by atoms with van der Waals surface area (Å²) in [4.78, 5) is 7.28. The van der Waals surface area contributed by atoms with E-state index in [4.69, 9.17) is 19.2 Å². The van der Waals surface area contributed by atoms with Crippen LogP contribution in [-0.4, -0.2) is 64.5 Å². The lowest BCUT2D eigenvalue weighted by molar-refractivity contribution is 0.0170. The fraction of sp³-hybridized carbons (Fsp3) is 0.480. The highest BCUT2D eigenvalue weighted by atomic mass is 16.5. The van der Waals surface area contributed by atoms with Crippen molar-refractivity contribution in [1.82, 2.24) is 15.5 Å². The maximum atomic E-state index is 5.57. The van der Waals surface area contributed by atoms with Crippen LogP contribution >= 0.6 is 0 Å². The summed E-state index contributed by atoms with van der Waals surface area (Å²) in [6, 6.07) is 15.0. The van der Waals surface area contributed by atoms with E-state index >= 15 is 0 Å². The molecular weight excluding hydrogens is 404 g/mol. The predicted molar refractivity (Wildman–Crippen MR) is 129 cm³/mol. The number of methoxy groups -OCH3 is 2. The number of hydrogen-bond donors (Lipinski definition) is 2. The Balaban J connectivity index is 1.71. The van der Waals surface area contributed by atoms with Crippen LogP contribution < -0.4 is 20.1 Å². The minimum absolute atomic E-state index is 0.254. The third-order valence-corrected chi connectivity index (χ3v) is 5.62. The first-order valence-electron chi connectivity index (χ1n) is 11.3. The Hall–Kier alpha value is -2.77. The topological polar surface area (TPSA) is 67.4 Å². The maximum absolute atomic E-state index is 5.57. The molecule has 0 spiro atoms. The second-order valence-electron chi connectivity index (χ2n) is 7.84. The summed E-state index contributed by atoms with van der Waals surface area (Å²) in [5, 5.41) is 6.92. The Bertz CT molecular complexity index is 864. The first-order chi connectivity index (χ1) is 15.6. The maximum Gasteiger partial charge on any atom is 0.191 e. The van der Waals surface area contributed by atoms with Crippen LogP contribution in [0.3, 0.4) is 0 Å². The van der Waals surface area contributed by atoms with Gasteiger partial charge in [0.1, 0.15) is 0 Å². The van der Waals surface area contributed by atoms with Gasteiger partial charge in [-0.05, 0) is 37.1 Å². The van der Waals surface area contributed by atoms with Crippen molar-refractivity contribution in [2.45, 2.75) is 26.4 Å². The summed E-state index contributed by atoms with van der Waals surface area (Å²) in [6.45, 7) is 9.71. The molecule has 7 heteroatoms. The fourth-order valence-electron chi connectivity index (χ4n) is 3.82. The number of morpholine rings is 1. The molecule has 1 fully saturated rings. The average molecular weight is 441 g/mol. The second kappa shape index (κ2) is 12.3. The van der Waals surface area contributed by atoms with Crippen molar-refractivity contribution in [2.24, 2.45) is 4.99 Å². The van der Waals surface area contributed by atoms with Gasteiger partial charge in [-0.3, -0.25) is 4.90 Å². The predicted octanol–water partition coefficient (Wildman–Crippen LogP) is 3.14. The molecule has 3 rings (SSSR count). The molecule has 174 valence electrons. The van der Waals surface area contributed by atoms with E-state index in [1.54, 1.807) is 14.2 Å². The lowest BCUT2D eigenvalue weighted by Crippen LogP contribution is -2.46. The number of nitrogens with one attached hydrogen (secondary N) is 2. The number of aliphatic imine (C=N–C) groups is 1. The van der Waals surface area contributed by atoms with Crippen molar-refractivity contribution >= 4 is 5.96 Å². The molecule has 1 atom stereocenters. The minimum atomic E-state index is 0.254. The Morgan fingerprint density at radius 3 is 2.41 bits per heavy atom. The number of nitrogens with zero attached hydrogens (tertiary/aromatic N) is 2. The standard InChI is InChI=1S/C25H36N4O3/c1-5-26-25(27-17-20-8-11-23(30-3)24(16-20)31-4)28-18-22(29-12-14-32-15-13-29)21-9-6-19(2)7-10-21/h6-11,16,22H,5,12-15,17-18H2,1-4H3,(H2,26,27,28). The molecular formula is C25H36N4O3. The molecule has 32 heavy (non-hydrogen) atoms. The Morgan fingerprint density at radius 1 is 1.03 bits per heavy atom. The molecule has 0 saturated carbocycles. The quantitative estimate of drug-likeness (QED) is 0.461. The van der Waals surface area contributed by atoms with Gasteiger partial charge in [0.25, 0.3) is 0 Å². The zero-order chi connectivity index (χ0) is 22.8. The minimum Gasteiger partial charge on any atom is -0.493 e. The molecule has 0 aromatic heterocycles. The normalized spacial score (nSPS) is 15.8. The molecule has 2 aromatic carbocycles. The number of hydrogen-bond acceptors (Lipinski definition) is 5. The van der Waals surface area contributed by atoms with Gasteiger partial charge in [-0.2, -0.15) is 0 Å². The van der Waals surface area contributed by atoms with Crippen molar-refractivity contribution in [1.29, 1.82) is 0 Å². The summed E-state index contributed by atoms with van der Waals surface area (Å²) < 4.78 is 16.3. The Morgan fingerprint density at radius 2 is 1.75 bits per heavy atom. The molecule has 1 aliphatic heterocycles. The van der Waals surface area contributed by atoms with E-state index in [-0.39, 0.29) is 6.04 Å². The highest BCUT2D eigenvalue weighted by molar-refractivity contribution is 5.79. The van der Waals surface area contributed by atoms with Crippen LogP contribution in [0.25, 0.3) is 0 Å². The molecule has 1 saturated heterocycles. The first kappa shape index (κ1) is 23.9. The molecule has 1 aliphatic rings. The van der Waals surface area contributed by atoms with E-state index in [2.05, 4.69) is 53.6 Å². The fourth-order valence-corrected chi connectivity index (χ4v) is 3.82. The monoisotopic (exact) mass is 440 g/mol. The van der Waals surface area contributed by atoms with Crippen LogP contribution in [0.4, 0.5) is 0 Å². The summed E-state index contributed by atoms with van der Waals surface area (Å²) in [5.41, 5.74) is 3.64. The number of ether oxygens (including phenoxy) is 3. The molecule has 2 aromatic rings. The van der Waals surface area contributed by atoms with Crippen molar-refractivity contribution < 1.29 is 14.2 Å². The molecule has 0 amide bonds. The van der Waals surface area contributed by atoms with Crippen LogP contribution in [-0.2, 0) is 11.3 Å². The largest absolute Gasteiger partial charge is 0.493 e. The molecule has 1 heterocycles. The SMILES string of the molecule is CCNC(=NCc1ccc(OC)c(OC)c1)NCC(c1ccc(C)cc1)N1CCOCC1. The van der Waals surface area contributed by atoms with Crippen LogP contribution in [0.15, 0.2) is 47.5 Å². The van der Waals surface area contributed by atoms with Crippen LogP contribution in [0.1, 0.15) is 29.7 Å². The summed E-state index contributed by atoms with van der Waals surface area (Å²) in [7, 11) is 3.29. The van der Waals surface area contributed by atoms with Crippen molar-refractivity contribution in [2.75, 3.05) is 53.6 Å². The zero-order valence-corrected chi connectivity index (χ0v) is 19.7. The van der Waals surface area contributed by atoms with Crippen molar-refractivity contribution in [3.8, 4) is 11.5 Å². The lowest BCUT2D eigenvalue weighted by Gasteiger charge is -2.35. The molecule has 0 bridgehead atoms. The molecule has 7 nitrogen and oxygen atoms in total. The van der Waals surface area contributed by atoms with Gasteiger partial charge in [-0.25, -0.2) is 4.99 Å². The Labute approximate surface area is 191 Å². The average Bonchev–Trinajstić information content (AvgIpc) is 2.84. The number of aryl methyl sites for hydroxylation is 1. The molecule has 0 aliphatic carbocycles. The first-order valence-corrected chi connectivity index (χ1v) is 11.3. The van der Waals surface area contributed by atoms with Crippen molar-refractivity contribution in [3.05, 3.63) is 59.2 Å². The van der Waals surface area contributed by atoms with Gasteiger partial charge in [0.05, 0.1) is 40.0 Å².